The third kappa shape index (κ3) is 3.61. The largest absolute Gasteiger partial charge is 0.366 e. The Morgan fingerprint density at radius 1 is 1.25 bits per heavy atom. The summed E-state index contributed by atoms with van der Waals surface area (Å²) in [5.74, 6) is -0.697. The van der Waals surface area contributed by atoms with Crippen LogP contribution in [0.15, 0.2) is 40.6 Å². The molecule has 2 rings (SSSR count). The summed E-state index contributed by atoms with van der Waals surface area (Å²) in [5.41, 5.74) is 6.51. The van der Waals surface area contributed by atoms with Crippen molar-refractivity contribution in [2.75, 3.05) is 11.6 Å². The van der Waals surface area contributed by atoms with Crippen molar-refractivity contribution in [3.63, 3.8) is 0 Å². The van der Waals surface area contributed by atoms with Gasteiger partial charge in [-0.1, -0.05) is 12.1 Å². The van der Waals surface area contributed by atoms with E-state index in [0.29, 0.717) is 10.6 Å². The number of nitrogens with two attached hydrogens (primary N) is 1. The van der Waals surface area contributed by atoms with Crippen LogP contribution >= 0.6 is 23.1 Å². The zero-order chi connectivity index (χ0) is 14.5. The van der Waals surface area contributed by atoms with Gasteiger partial charge in [0.05, 0.1) is 12.0 Å². The molecule has 0 unspecified atom stereocenters. The third-order valence-electron chi connectivity index (χ3n) is 2.71. The van der Waals surface area contributed by atoms with E-state index in [2.05, 4.69) is 5.32 Å². The average molecular weight is 306 g/mol. The minimum atomic E-state index is -0.536. The lowest BCUT2D eigenvalue weighted by atomic mass is 10.1. The van der Waals surface area contributed by atoms with Crippen LogP contribution in [-0.2, 0) is 11.2 Å². The second kappa shape index (κ2) is 6.58. The van der Waals surface area contributed by atoms with Crippen LogP contribution in [0.4, 0.5) is 5.00 Å². The fraction of sp³-hybridized carbons (Fsp3) is 0.143. The molecule has 0 fully saturated rings. The minimum absolute atomic E-state index is 0.160. The molecule has 104 valence electrons. The molecule has 0 radical (unpaired) electrons. The maximum Gasteiger partial charge on any atom is 0.251 e. The monoisotopic (exact) mass is 306 g/mol. The van der Waals surface area contributed by atoms with E-state index in [1.54, 1.807) is 23.2 Å². The predicted molar refractivity (Wildman–Crippen MR) is 83.4 cm³/mol. The van der Waals surface area contributed by atoms with E-state index in [0.717, 1.165) is 10.5 Å². The molecule has 6 heteroatoms. The summed E-state index contributed by atoms with van der Waals surface area (Å²) in [7, 11) is 0. The van der Waals surface area contributed by atoms with Crippen molar-refractivity contribution in [2.45, 2.75) is 11.3 Å². The first-order chi connectivity index (χ1) is 9.60. The highest BCUT2D eigenvalue weighted by Gasteiger charge is 2.12. The summed E-state index contributed by atoms with van der Waals surface area (Å²) in [5, 5.41) is 4.95. The third-order valence-corrected chi connectivity index (χ3v) is 4.28. The maximum absolute atomic E-state index is 11.9. The van der Waals surface area contributed by atoms with Crippen LogP contribution in [0.2, 0.25) is 0 Å². The number of carbonyl (C=O) groups is 2. The lowest BCUT2D eigenvalue weighted by Gasteiger charge is -2.05. The number of carbonyl (C=O) groups excluding carboxylic acids is 2. The molecular formula is C14H14N2O2S2. The van der Waals surface area contributed by atoms with Gasteiger partial charge in [0.2, 0.25) is 5.91 Å². The number of anilines is 1. The summed E-state index contributed by atoms with van der Waals surface area (Å²) < 4.78 is 0. The molecule has 0 aliphatic rings. The lowest BCUT2D eigenvalue weighted by molar-refractivity contribution is -0.115. The zero-order valence-electron chi connectivity index (χ0n) is 10.9. The molecule has 0 saturated heterocycles. The maximum atomic E-state index is 11.9. The number of nitrogens with one attached hydrogen (secondary N) is 1. The van der Waals surface area contributed by atoms with Crippen LogP contribution in [0.3, 0.4) is 0 Å². The number of primary amides is 1. The van der Waals surface area contributed by atoms with Crippen molar-refractivity contribution in [1.29, 1.82) is 0 Å². The molecule has 0 bridgehead atoms. The van der Waals surface area contributed by atoms with Gasteiger partial charge in [-0.15, -0.1) is 23.1 Å². The van der Waals surface area contributed by atoms with Crippen LogP contribution in [0.25, 0.3) is 0 Å². The second-order valence-electron chi connectivity index (χ2n) is 4.10. The Morgan fingerprint density at radius 2 is 1.95 bits per heavy atom. The van der Waals surface area contributed by atoms with Gasteiger partial charge in [-0.25, -0.2) is 0 Å². The fourth-order valence-electron chi connectivity index (χ4n) is 1.70. The first-order valence-corrected chi connectivity index (χ1v) is 8.00. The highest BCUT2D eigenvalue weighted by molar-refractivity contribution is 7.98. The number of hydrogen-bond acceptors (Lipinski definition) is 4. The van der Waals surface area contributed by atoms with E-state index in [1.807, 2.05) is 30.5 Å². The molecule has 1 aromatic carbocycles. The van der Waals surface area contributed by atoms with Crippen molar-refractivity contribution in [3.05, 3.63) is 46.8 Å². The zero-order valence-corrected chi connectivity index (χ0v) is 12.5. The van der Waals surface area contributed by atoms with Crippen molar-refractivity contribution < 1.29 is 9.59 Å². The van der Waals surface area contributed by atoms with Crippen molar-refractivity contribution in [2.24, 2.45) is 5.73 Å². The smallest absolute Gasteiger partial charge is 0.251 e. The molecule has 0 aliphatic heterocycles. The number of thioether (sulfide) groups is 1. The standard InChI is InChI=1S/C14H14N2O2S2/c1-19-10-4-2-9(3-5-10)8-12(17)16-14-11(13(15)18)6-7-20-14/h2-7H,8H2,1H3,(H2,15,18)(H,16,17). The Bertz CT molecular complexity index is 620. The molecule has 1 aromatic heterocycles. The molecule has 1 heterocycles. The van der Waals surface area contributed by atoms with Gasteiger partial charge in [-0.05, 0) is 35.4 Å². The molecule has 2 amide bonds. The average Bonchev–Trinajstić information content (AvgIpc) is 2.87. The van der Waals surface area contributed by atoms with E-state index < -0.39 is 5.91 Å². The normalized spacial score (nSPS) is 10.2. The fourth-order valence-corrected chi connectivity index (χ4v) is 2.92. The molecule has 20 heavy (non-hydrogen) atoms. The number of rotatable bonds is 5. The van der Waals surface area contributed by atoms with Gasteiger partial charge < -0.3 is 11.1 Å². The number of amides is 2. The molecule has 0 spiro atoms. The summed E-state index contributed by atoms with van der Waals surface area (Å²) >= 11 is 2.94. The van der Waals surface area contributed by atoms with Crippen molar-refractivity contribution in [1.82, 2.24) is 0 Å². The van der Waals surface area contributed by atoms with Gasteiger partial charge in [0.1, 0.15) is 5.00 Å². The van der Waals surface area contributed by atoms with Gasteiger partial charge in [0.15, 0.2) is 0 Å². The van der Waals surface area contributed by atoms with Crippen LogP contribution < -0.4 is 11.1 Å². The first kappa shape index (κ1) is 14.6. The quantitative estimate of drug-likeness (QED) is 0.834. The van der Waals surface area contributed by atoms with E-state index >= 15 is 0 Å². The van der Waals surface area contributed by atoms with E-state index in [9.17, 15) is 9.59 Å². The SMILES string of the molecule is CSc1ccc(CC(=O)Nc2sccc2C(N)=O)cc1. The van der Waals surface area contributed by atoms with Crippen LogP contribution in [0.5, 0.6) is 0 Å². The highest BCUT2D eigenvalue weighted by atomic mass is 32.2. The molecular weight excluding hydrogens is 292 g/mol. The molecule has 0 atom stereocenters. The first-order valence-electron chi connectivity index (χ1n) is 5.90. The van der Waals surface area contributed by atoms with E-state index in [4.69, 9.17) is 5.73 Å². The molecule has 0 saturated carbocycles. The van der Waals surface area contributed by atoms with Crippen molar-refractivity contribution >= 4 is 39.9 Å². The molecule has 2 aromatic rings. The number of benzene rings is 1. The van der Waals surface area contributed by atoms with Crippen LogP contribution in [-0.4, -0.2) is 18.1 Å². The highest BCUT2D eigenvalue weighted by Crippen LogP contribution is 2.23. The van der Waals surface area contributed by atoms with Crippen molar-refractivity contribution in [3.8, 4) is 0 Å². The number of thiophene rings is 1. The molecule has 3 N–H and O–H groups in total. The van der Waals surface area contributed by atoms with Gasteiger partial charge in [-0.2, -0.15) is 0 Å². The second-order valence-corrected chi connectivity index (χ2v) is 5.90. The minimum Gasteiger partial charge on any atom is -0.366 e. The van der Waals surface area contributed by atoms with Gasteiger partial charge in [0, 0.05) is 4.90 Å². The van der Waals surface area contributed by atoms with E-state index in [-0.39, 0.29) is 12.3 Å². The molecule has 4 nitrogen and oxygen atoms in total. The Hall–Kier alpha value is -1.79. The van der Waals surface area contributed by atoms with Gasteiger partial charge in [-0.3, -0.25) is 9.59 Å². The number of hydrogen-bond donors (Lipinski definition) is 2. The molecule has 0 aliphatic carbocycles. The Kier molecular flexibility index (Phi) is 4.81. The van der Waals surface area contributed by atoms with E-state index in [1.165, 1.54) is 11.3 Å². The predicted octanol–water partition coefficient (Wildman–Crippen LogP) is 2.75. The van der Waals surface area contributed by atoms with Gasteiger partial charge >= 0.3 is 0 Å². The summed E-state index contributed by atoms with van der Waals surface area (Å²) in [6.45, 7) is 0. The van der Waals surface area contributed by atoms with Crippen LogP contribution in [0, 0.1) is 0 Å². The summed E-state index contributed by atoms with van der Waals surface area (Å²) in [6, 6.07) is 9.42. The van der Waals surface area contributed by atoms with Crippen LogP contribution in [0.1, 0.15) is 15.9 Å². The Balaban J connectivity index is 2.01. The lowest BCUT2D eigenvalue weighted by Crippen LogP contribution is -2.17. The topological polar surface area (TPSA) is 72.2 Å². The Labute approximate surface area is 125 Å². The van der Waals surface area contributed by atoms with Gasteiger partial charge in [0.25, 0.3) is 5.91 Å². The Morgan fingerprint density at radius 3 is 2.55 bits per heavy atom. The summed E-state index contributed by atoms with van der Waals surface area (Å²) in [4.78, 5) is 24.3. The summed E-state index contributed by atoms with van der Waals surface area (Å²) in [6.07, 6.45) is 2.27.